The highest BCUT2D eigenvalue weighted by molar-refractivity contribution is 5.98. The lowest BCUT2D eigenvalue weighted by molar-refractivity contribution is -0.121. The maximum atomic E-state index is 12.2. The lowest BCUT2D eigenvalue weighted by atomic mass is 9.99. The molecule has 1 atom stereocenters. The van der Waals surface area contributed by atoms with E-state index in [1.807, 2.05) is 24.3 Å². The molecule has 2 aromatic rings. The number of amides is 1. The van der Waals surface area contributed by atoms with Crippen molar-refractivity contribution in [3.63, 3.8) is 0 Å². The van der Waals surface area contributed by atoms with Gasteiger partial charge >= 0.3 is 0 Å². The highest BCUT2D eigenvalue weighted by Crippen LogP contribution is 2.22. The van der Waals surface area contributed by atoms with Crippen LogP contribution in [0.4, 0.5) is 5.69 Å². The first-order valence-corrected chi connectivity index (χ1v) is 6.77. The van der Waals surface area contributed by atoms with E-state index in [0.717, 1.165) is 11.3 Å². The van der Waals surface area contributed by atoms with Crippen molar-refractivity contribution in [3.8, 4) is 11.3 Å². The van der Waals surface area contributed by atoms with Crippen LogP contribution in [0.5, 0.6) is 0 Å². The summed E-state index contributed by atoms with van der Waals surface area (Å²) in [6.45, 7) is 2.58. The summed E-state index contributed by atoms with van der Waals surface area (Å²) in [7, 11) is 0. The van der Waals surface area contributed by atoms with Crippen molar-refractivity contribution in [3.05, 3.63) is 36.4 Å². The van der Waals surface area contributed by atoms with E-state index >= 15 is 0 Å². The topological polar surface area (TPSA) is 90.4 Å². The average Bonchev–Trinajstić information content (AvgIpc) is 3.09. The van der Waals surface area contributed by atoms with Crippen LogP contribution in [0.3, 0.4) is 0 Å². The number of benzene rings is 1. The predicted octanol–water partition coefficient (Wildman–Crippen LogP) is 1.71. The Morgan fingerprint density at radius 1 is 1.38 bits per heavy atom. The van der Waals surface area contributed by atoms with Crippen LogP contribution in [0.25, 0.3) is 11.3 Å². The van der Waals surface area contributed by atoms with Crippen LogP contribution in [-0.4, -0.2) is 29.6 Å². The summed E-state index contributed by atoms with van der Waals surface area (Å²) in [4.78, 5) is 16.4. The van der Waals surface area contributed by atoms with Crippen LogP contribution >= 0.6 is 0 Å². The number of carbonyl (C=O) groups excluding carboxylic acids is 1. The number of anilines is 1. The van der Waals surface area contributed by atoms with Gasteiger partial charge in [-0.3, -0.25) is 4.79 Å². The molecule has 21 heavy (non-hydrogen) atoms. The zero-order chi connectivity index (χ0) is 14.9. The number of hydrogen-bond donors (Lipinski definition) is 2. The molecule has 1 aromatic heterocycles. The van der Waals surface area contributed by atoms with E-state index in [-0.39, 0.29) is 12.5 Å². The second-order valence-electron chi connectivity index (χ2n) is 5.24. The van der Waals surface area contributed by atoms with Crippen molar-refractivity contribution in [2.24, 2.45) is 5.73 Å². The van der Waals surface area contributed by atoms with E-state index in [0.29, 0.717) is 24.6 Å². The Labute approximate surface area is 122 Å². The van der Waals surface area contributed by atoms with Crippen molar-refractivity contribution in [1.82, 2.24) is 4.98 Å². The molecule has 0 spiro atoms. The minimum absolute atomic E-state index is 0.218. The maximum absolute atomic E-state index is 12.2. The van der Waals surface area contributed by atoms with Crippen molar-refractivity contribution < 1.29 is 13.9 Å². The van der Waals surface area contributed by atoms with E-state index in [4.69, 9.17) is 14.9 Å². The zero-order valence-electron chi connectivity index (χ0n) is 11.8. The molecule has 1 aliphatic rings. The van der Waals surface area contributed by atoms with Crippen molar-refractivity contribution in [1.29, 1.82) is 0 Å². The summed E-state index contributed by atoms with van der Waals surface area (Å²) in [5, 5.41) is 2.82. The molecule has 110 valence electrons. The third-order valence-electron chi connectivity index (χ3n) is 3.56. The molecule has 6 nitrogen and oxygen atoms in total. The summed E-state index contributed by atoms with van der Waals surface area (Å²) in [5.74, 6) is 0.402. The average molecular weight is 287 g/mol. The van der Waals surface area contributed by atoms with Gasteiger partial charge in [0.25, 0.3) is 0 Å². The number of aryl methyl sites for hydroxylation is 1. The standard InChI is InChI=1S/C15H17N3O3/c1-10-17-13(8-21-10)11-2-4-12(5-3-11)18-14(19)15(16)6-7-20-9-15/h2-5,8H,6-7,9,16H2,1H3,(H,18,19). The molecule has 1 aromatic carbocycles. The quantitative estimate of drug-likeness (QED) is 0.896. The minimum atomic E-state index is -0.929. The highest BCUT2D eigenvalue weighted by Gasteiger charge is 2.38. The minimum Gasteiger partial charge on any atom is -0.449 e. The summed E-state index contributed by atoms with van der Waals surface area (Å²) < 4.78 is 10.4. The van der Waals surface area contributed by atoms with Gasteiger partial charge in [0.05, 0.1) is 6.61 Å². The summed E-state index contributed by atoms with van der Waals surface area (Å²) in [5.41, 5.74) is 7.48. The van der Waals surface area contributed by atoms with Crippen molar-refractivity contribution in [2.45, 2.75) is 18.9 Å². The van der Waals surface area contributed by atoms with Gasteiger partial charge in [-0.1, -0.05) is 12.1 Å². The van der Waals surface area contributed by atoms with E-state index in [1.165, 1.54) is 0 Å². The first-order valence-electron chi connectivity index (χ1n) is 6.77. The first kappa shape index (κ1) is 13.8. The zero-order valence-corrected chi connectivity index (χ0v) is 11.8. The number of hydrogen-bond acceptors (Lipinski definition) is 5. The molecule has 0 bridgehead atoms. The van der Waals surface area contributed by atoms with Crippen LogP contribution < -0.4 is 11.1 Å². The monoisotopic (exact) mass is 287 g/mol. The van der Waals surface area contributed by atoms with Gasteiger partial charge in [0.15, 0.2) is 5.89 Å². The number of ether oxygens (including phenoxy) is 1. The molecule has 0 saturated carbocycles. The number of nitrogens with one attached hydrogen (secondary N) is 1. The van der Waals surface area contributed by atoms with Crippen LogP contribution in [0.15, 0.2) is 34.9 Å². The van der Waals surface area contributed by atoms with Gasteiger partial charge in [-0.2, -0.15) is 0 Å². The third kappa shape index (κ3) is 2.81. The van der Waals surface area contributed by atoms with Gasteiger partial charge in [0.2, 0.25) is 5.91 Å². The molecular weight excluding hydrogens is 270 g/mol. The first-order chi connectivity index (χ1) is 10.1. The second kappa shape index (κ2) is 5.31. The molecule has 0 radical (unpaired) electrons. The molecule has 1 fully saturated rings. The fourth-order valence-corrected chi connectivity index (χ4v) is 2.24. The number of aromatic nitrogens is 1. The molecule has 1 unspecified atom stereocenters. The molecule has 6 heteroatoms. The SMILES string of the molecule is Cc1nc(-c2ccc(NC(=O)C3(N)CCOC3)cc2)co1. The number of oxazole rings is 1. The van der Waals surface area contributed by atoms with E-state index in [2.05, 4.69) is 10.3 Å². The fourth-order valence-electron chi connectivity index (χ4n) is 2.24. The molecular formula is C15H17N3O3. The molecule has 2 heterocycles. The van der Waals surface area contributed by atoms with Gasteiger partial charge < -0.3 is 20.2 Å². The lowest BCUT2D eigenvalue weighted by Crippen LogP contribution is -2.51. The number of nitrogens with two attached hydrogens (primary N) is 1. The second-order valence-corrected chi connectivity index (χ2v) is 5.24. The van der Waals surface area contributed by atoms with Crippen molar-refractivity contribution in [2.75, 3.05) is 18.5 Å². The molecule has 3 N–H and O–H groups in total. The van der Waals surface area contributed by atoms with Crippen LogP contribution in [0.2, 0.25) is 0 Å². The molecule has 1 aliphatic heterocycles. The third-order valence-corrected chi connectivity index (χ3v) is 3.56. The Morgan fingerprint density at radius 2 is 2.14 bits per heavy atom. The largest absolute Gasteiger partial charge is 0.449 e. The Morgan fingerprint density at radius 3 is 2.71 bits per heavy atom. The van der Waals surface area contributed by atoms with Gasteiger partial charge in [-0.25, -0.2) is 4.98 Å². The summed E-state index contributed by atoms with van der Waals surface area (Å²) >= 11 is 0. The molecule has 0 aliphatic carbocycles. The molecule has 1 amide bonds. The van der Waals surface area contributed by atoms with Gasteiger partial charge in [-0.05, 0) is 18.6 Å². The normalized spacial score (nSPS) is 21.4. The lowest BCUT2D eigenvalue weighted by Gasteiger charge is -2.20. The van der Waals surface area contributed by atoms with E-state index in [1.54, 1.807) is 13.2 Å². The predicted molar refractivity (Wildman–Crippen MR) is 77.7 cm³/mol. The number of nitrogens with zero attached hydrogens (tertiary/aromatic N) is 1. The Kier molecular flexibility index (Phi) is 3.48. The fraction of sp³-hybridized carbons (Fsp3) is 0.333. The summed E-state index contributed by atoms with van der Waals surface area (Å²) in [6, 6.07) is 7.38. The number of carbonyl (C=O) groups is 1. The maximum Gasteiger partial charge on any atom is 0.246 e. The van der Waals surface area contributed by atoms with Gasteiger partial charge in [0, 0.05) is 24.8 Å². The molecule has 1 saturated heterocycles. The van der Waals surface area contributed by atoms with E-state index in [9.17, 15) is 4.79 Å². The molecule has 3 rings (SSSR count). The van der Waals surface area contributed by atoms with Gasteiger partial charge in [-0.15, -0.1) is 0 Å². The van der Waals surface area contributed by atoms with Crippen LogP contribution in [0.1, 0.15) is 12.3 Å². The van der Waals surface area contributed by atoms with Crippen molar-refractivity contribution >= 4 is 11.6 Å². The van der Waals surface area contributed by atoms with E-state index < -0.39 is 5.54 Å². The number of rotatable bonds is 3. The van der Waals surface area contributed by atoms with Crippen LogP contribution in [0, 0.1) is 6.92 Å². The van der Waals surface area contributed by atoms with Gasteiger partial charge in [0.1, 0.15) is 17.5 Å². The Balaban J connectivity index is 1.71. The summed E-state index contributed by atoms with van der Waals surface area (Å²) in [6.07, 6.45) is 2.14. The Bertz CT molecular complexity index is 642. The highest BCUT2D eigenvalue weighted by atomic mass is 16.5. The van der Waals surface area contributed by atoms with Crippen LogP contribution in [-0.2, 0) is 9.53 Å². The smallest absolute Gasteiger partial charge is 0.246 e. The Hall–Kier alpha value is -2.18.